The van der Waals surface area contributed by atoms with Crippen LogP contribution < -0.4 is 10.1 Å². The van der Waals surface area contributed by atoms with Gasteiger partial charge in [0.2, 0.25) is 5.91 Å². The van der Waals surface area contributed by atoms with Crippen LogP contribution in [0.4, 0.5) is 5.69 Å². The Morgan fingerprint density at radius 1 is 1.26 bits per heavy atom. The minimum absolute atomic E-state index is 0.164. The average molecular weight is 261 g/mol. The quantitative estimate of drug-likeness (QED) is 0.786. The number of ether oxygens (including phenoxy) is 1. The Kier molecular flexibility index (Phi) is 5.25. The number of hydrogen-bond acceptors (Lipinski definition) is 2. The highest BCUT2D eigenvalue weighted by Crippen LogP contribution is 2.26. The molecule has 1 amide bonds. The van der Waals surface area contributed by atoms with Crippen LogP contribution in [0.25, 0.3) is 0 Å². The average Bonchev–Trinajstić information content (AvgIpc) is 2.95. The summed E-state index contributed by atoms with van der Waals surface area (Å²) in [6, 6.07) is 7.65. The lowest BCUT2D eigenvalue weighted by molar-refractivity contribution is -0.119. The molecule has 1 aliphatic carbocycles. The first kappa shape index (κ1) is 13.9. The molecule has 3 heteroatoms. The summed E-state index contributed by atoms with van der Waals surface area (Å²) in [5.74, 6) is 1.24. The van der Waals surface area contributed by atoms with Crippen molar-refractivity contribution in [3.8, 4) is 5.75 Å². The van der Waals surface area contributed by atoms with Gasteiger partial charge in [-0.25, -0.2) is 0 Å². The summed E-state index contributed by atoms with van der Waals surface area (Å²) in [5, 5.41) is 2.98. The van der Waals surface area contributed by atoms with Crippen LogP contribution in [-0.4, -0.2) is 12.5 Å². The lowest BCUT2D eigenvalue weighted by Crippen LogP contribution is -2.20. The highest BCUT2D eigenvalue weighted by atomic mass is 16.5. The minimum atomic E-state index is 0.164. The van der Waals surface area contributed by atoms with Crippen LogP contribution in [-0.2, 0) is 4.79 Å². The van der Waals surface area contributed by atoms with Gasteiger partial charge in [0.25, 0.3) is 0 Å². The van der Waals surface area contributed by atoms with Crippen molar-refractivity contribution in [3.63, 3.8) is 0 Å². The van der Waals surface area contributed by atoms with Gasteiger partial charge in [-0.1, -0.05) is 26.2 Å². The number of carbonyl (C=O) groups excluding carboxylic acids is 1. The van der Waals surface area contributed by atoms with Crippen LogP contribution >= 0.6 is 0 Å². The van der Waals surface area contributed by atoms with E-state index in [2.05, 4.69) is 12.2 Å². The number of hydrogen-bond donors (Lipinski definition) is 1. The third kappa shape index (κ3) is 4.27. The molecule has 1 N–H and O–H groups in total. The standard InChI is InChI=1S/C16H23NO2/c1-2-3-12-19-15-10-8-14(9-11-15)17-16(18)13-6-4-5-7-13/h8-11,13H,2-7,12H2,1H3,(H,17,18). The van der Waals surface area contributed by atoms with Crippen LogP contribution in [0.3, 0.4) is 0 Å². The van der Waals surface area contributed by atoms with Gasteiger partial charge in [0.1, 0.15) is 5.75 Å². The molecule has 1 aliphatic rings. The molecule has 0 unspecified atom stereocenters. The molecule has 0 heterocycles. The second kappa shape index (κ2) is 7.17. The summed E-state index contributed by atoms with van der Waals surface area (Å²) < 4.78 is 5.59. The number of unbranched alkanes of at least 4 members (excludes halogenated alkanes) is 1. The normalized spacial score (nSPS) is 15.4. The van der Waals surface area contributed by atoms with Crippen molar-refractivity contribution in [2.24, 2.45) is 5.92 Å². The summed E-state index contributed by atoms with van der Waals surface area (Å²) in [7, 11) is 0. The van der Waals surface area contributed by atoms with Gasteiger partial charge in [0.15, 0.2) is 0 Å². The Morgan fingerprint density at radius 3 is 2.58 bits per heavy atom. The van der Waals surface area contributed by atoms with E-state index in [4.69, 9.17) is 4.74 Å². The number of rotatable bonds is 6. The molecule has 0 aliphatic heterocycles. The first-order valence-corrected chi connectivity index (χ1v) is 7.33. The van der Waals surface area contributed by atoms with Crippen molar-refractivity contribution in [2.45, 2.75) is 45.4 Å². The van der Waals surface area contributed by atoms with Gasteiger partial charge in [-0.3, -0.25) is 4.79 Å². The minimum Gasteiger partial charge on any atom is -0.494 e. The van der Waals surface area contributed by atoms with Gasteiger partial charge in [-0.15, -0.1) is 0 Å². The Bertz CT molecular complexity index is 394. The molecular formula is C16H23NO2. The summed E-state index contributed by atoms with van der Waals surface area (Å²) in [4.78, 5) is 12.0. The molecule has 1 saturated carbocycles. The predicted molar refractivity (Wildman–Crippen MR) is 77.4 cm³/mol. The highest BCUT2D eigenvalue weighted by Gasteiger charge is 2.22. The lowest BCUT2D eigenvalue weighted by Gasteiger charge is -2.11. The molecule has 0 spiro atoms. The number of benzene rings is 1. The van der Waals surface area contributed by atoms with E-state index < -0.39 is 0 Å². The molecule has 0 radical (unpaired) electrons. The fourth-order valence-electron chi connectivity index (χ4n) is 2.40. The SMILES string of the molecule is CCCCOc1ccc(NC(=O)C2CCCC2)cc1. The van der Waals surface area contributed by atoms with E-state index in [0.717, 1.165) is 43.7 Å². The van der Waals surface area contributed by atoms with Gasteiger partial charge < -0.3 is 10.1 Å². The van der Waals surface area contributed by atoms with Crippen LogP contribution in [0.1, 0.15) is 45.4 Å². The van der Waals surface area contributed by atoms with E-state index in [9.17, 15) is 4.79 Å². The van der Waals surface area contributed by atoms with Crippen molar-refractivity contribution < 1.29 is 9.53 Å². The molecule has 1 aromatic carbocycles. The Balaban J connectivity index is 1.82. The zero-order chi connectivity index (χ0) is 13.5. The van der Waals surface area contributed by atoms with Crippen molar-refractivity contribution in [1.82, 2.24) is 0 Å². The summed E-state index contributed by atoms with van der Waals surface area (Å²) in [6.45, 7) is 2.90. The fourth-order valence-corrected chi connectivity index (χ4v) is 2.40. The zero-order valence-corrected chi connectivity index (χ0v) is 11.7. The Labute approximate surface area is 115 Å². The van der Waals surface area contributed by atoms with E-state index in [-0.39, 0.29) is 11.8 Å². The maximum absolute atomic E-state index is 12.0. The molecule has 1 aromatic rings. The topological polar surface area (TPSA) is 38.3 Å². The first-order valence-electron chi connectivity index (χ1n) is 7.33. The van der Waals surface area contributed by atoms with Gasteiger partial charge in [-0.2, -0.15) is 0 Å². The molecule has 0 atom stereocenters. The van der Waals surface area contributed by atoms with Crippen molar-refractivity contribution >= 4 is 11.6 Å². The highest BCUT2D eigenvalue weighted by molar-refractivity contribution is 5.92. The van der Waals surface area contributed by atoms with E-state index in [1.54, 1.807) is 0 Å². The van der Waals surface area contributed by atoms with Crippen LogP contribution in [0.2, 0.25) is 0 Å². The molecule has 3 nitrogen and oxygen atoms in total. The number of amides is 1. The van der Waals surface area contributed by atoms with E-state index in [1.807, 2.05) is 24.3 Å². The number of nitrogens with one attached hydrogen (secondary N) is 1. The lowest BCUT2D eigenvalue weighted by atomic mass is 10.1. The monoisotopic (exact) mass is 261 g/mol. The van der Waals surface area contributed by atoms with Crippen molar-refractivity contribution in [3.05, 3.63) is 24.3 Å². The molecule has 19 heavy (non-hydrogen) atoms. The molecule has 104 valence electrons. The molecule has 0 saturated heterocycles. The molecular weight excluding hydrogens is 238 g/mol. The third-order valence-corrected chi connectivity index (χ3v) is 3.61. The molecule has 2 rings (SSSR count). The first-order chi connectivity index (χ1) is 9.29. The number of carbonyl (C=O) groups is 1. The van der Waals surface area contributed by atoms with Gasteiger partial charge in [-0.05, 0) is 43.5 Å². The summed E-state index contributed by atoms with van der Waals surface area (Å²) >= 11 is 0. The maximum atomic E-state index is 12.0. The fraction of sp³-hybridized carbons (Fsp3) is 0.562. The smallest absolute Gasteiger partial charge is 0.227 e. The second-order valence-electron chi connectivity index (χ2n) is 5.20. The predicted octanol–water partition coefficient (Wildman–Crippen LogP) is 3.99. The summed E-state index contributed by atoms with van der Waals surface area (Å²) in [6.07, 6.45) is 6.63. The van der Waals surface area contributed by atoms with Gasteiger partial charge in [0, 0.05) is 11.6 Å². The van der Waals surface area contributed by atoms with Gasteiger partial charge in [0.05, 0.1) is 6.61 Å². The molecule has 0 aromatic heterocycles. The summed E-state index contributed by atoms with van der Waals surface area (Å²) in [5.41, 5.74) is 0.861. The van der Waals surface area contributed by atoms with Crippen LogP contribution in [0.15, 0.2) is 24.3 Å². The second-order valence-corrected chi connectivity index (χ2v) is 5.20. The Hall–Kier alpha value is -1.51. The van der Waals surface area contributed by atoms with E-state index in [1.165, 1.54) is 12.8 Å². The van der Waals surface area contributed by atoms with Crippen LogP contribution in [0, 0.1) is 5.92 Å². The zero-order valence-electron chi connectivity index (χ0n) is 11.7. The van der Waals surface area contributed by atoms with Gasteiger partial charge >= 0.3 is 0 Å². The van der Waals surface area contributed by atoms with Crippen molar-refractivity contribution in [2.75, 3.05) is 11.9 Å². The number of anilines is 1. The molecule has 1 fully saturated rings. The van der Waals surface area contributed by atoms with E-state index >= 15 is 0 Å². The Morgan fingerprint density at radius 2 is 1.95 bits per heavy atom. The maximum Gasteiger partial charge on any atom is 0.227 e. The largest absolute Gasteiger partial charge is 0.494 e. The molecule has 0 bridgehead atoms. The van der Waals surface area contributed by atoms with Crippen LogP contribution in [0.5, 0.6) is 5.75 Å². The van der Waals surface area contributed by atoms with Crippen molar-refractivity contribution in [1.29, 1.82) is 0 Å². The third-order valence-electron chi connectivity index (χ3n) is 3.61. The van der Waals surface area contributed by atoms with E-state index in [0.29, 0.717) is 0 Å².